The van der Waals surface area contributed by atoms with E-state index in [1.54, 1.807) is 12.1 Å². The Balaban J connectivity index is 1.48. The van der Waals surface area contributed by atoms with Crippen LogP contribution >= 0.6 is 11.6 Å². The molecule has 2 aliphatic heterocycles. The van der Waals surface area contributed by atoms with Gasteiger partial charge in [0.1, 0.15) is 0 Å². The van der Waals surface area contributed by atoms with Crippen LogP contribution in [0.4, 0.5) is 11.4 Å². The number of nitrogens with zero attached hydrogens (tertiary/aromatic N) is 1. The number of carboxylic acid groups (broad SMARTS) is 1. The summed E-state index contributed by atoms with van der Waals surface area (Å²) in [6.45, 7) is 3.25. The Morgan fingerprint density at radius 2 is 1.67 bits per heavy atom. The van der Waals surface area contributed by atoms with Crippen molar-refractivity contribution in [3.05, 3.63) is 94.0 Å². The number of benzene rings is 3. The summed E-state index contributed by atoms with van der Waals surface area (Å²) >= 11 is 6.16. The van der Waals surface area contributed by atoms with Gasteiger partial charge in [0.25, 0.3) is 5.91 Å². The average Bonchev–Trinajstić information content (AvgIpc) is 3.49. The fraction of sp³-hybridized carbons (Fsp3) is 0.241. The molecule has 6 nitrogen and oxygen atoms in total. The molecule has 7 heteroatoms. The van der Waals surface area contributed by atoms with Gasteiger partial charge in [-0.2, -0.15) is 0 Å². The number of carbonyl (C=O) groups is 2. The summed E-state index contributed by atoms with van der Waals surface area (Å²) in [4.78, 5) is 26.5. The predicted octanol–water partition coefficient (Wildman–Crippen LogP) is 5.89. The van der Waals surface area contributed by atoms with Gasteiger partial charge in [0, 0.05) is 29.2 Å². The van der Waals surface area contributed by atoms with Crippen molar-refractivity contribution in [2.45, 2.75) is 32.2 Å². The lowest BCUT2D eigenvalue weighted by Crippen LogP contribution is -2.18. The summed E-state index contributed by atoms with van der Waals surface area (Å²) in [5.74, 6) is -1.02. The van der Waals surface area contributed by atoms with Crippen LogP contribution in [-0.4, -0.2) is 35.0 Å². The highest BCUT2D eigenvalue weighted by Gasteiger charge is 2.28. The first-order chi connectivity index (χ1) is 17.5. The van der Waals surface area contributed by atoms with Gasteiger partial charge in [-0.3, -0.25) is 14.5 Å². The first-order valence-corrected chi connectivity index (χ1v) is 12.6. The number of aliphatic carboxylic acids is 1. The summed E-state index contributed by atoms with van der Waals surface area (Å²) in [5, 5.41) is 16.0. The van der Waals surface area contributed by atoms with E-state index in [0.29, 0.717) is 28.4 Å². The standard InChI is InChI=1S/C29H28ClN3O3/c30-22-10-13-24-25(17-22)32-29(36)27(24)28(21-8-3-19(4-9-21)7-14-26(34)35)31-23-11-5-20(6-12-23)18-33-15-1-2-16-33/h3-6,8-13,17,31H,1-2,7,14-16,18H2,(H,32,36)(H,34,35). The number of carboxylic acids is 1. The first-order valence-electron chi connectivity index (χ1n) is 12.2. The quantitative estimate of drug-likeness (QED) is 0.335. The smallest absolute Gasteiger partial charge is 0.303 e. The fourth-order valence-electron chi connectivity index (χ4n) is 4.80. The van der Waals surface area contributed by atoms with E-state index in [-0.39, 0.29) is 12.3 Å². The normalized spacial score (nSPS) is 16.5. The van der Waals surface area contributed by atoms with Gasteiger partial charge in [0.2, 0.25) is 0 Å². The molecule has 0 saturated carbocycles. The summed E-state index contributed by atoms with van der Waals surface area (Å²) in [6, 6.07) is 21.4. The number of hydrogen-bond donors (Lipinski definition) is 3. The summed E-state index contributed by atoms with van der Waals surface area (Å²) in [6.07, 6.45) is 3.06. The minimum atomic E-state index is -0.824. The summed E-state index contributed by atoms with van der Waals surface area (Å²) in [7, 11) is 0. The van der Waals surface area contributed by atoms with Crippen LogP contribution in [0.25, 0.3) is 11.3 Å². The van der Waals surface area contributed by atoms with E-state index < -0.39 is 5.97 Å². The predicted molar refractivity (Wildman–Crippen MR) is 144 cm³/mol. The van der Waals surface area contributed by atoms with E-state index in [1.807, 2.05) is 42.5 Å². The molecule has 0 atom stereocenters. The number of likely N-dealkylation sites (tertiary alicyclic amines) is 1. The zero-order valence-corrected chi connectivity index (χ0v) is 20.6. The van der Waals surface area contributed by atoms with Gasteiger partial charge in [-0.05, 0) is 73.3 Å². The number of halogens is 1. The fourth-order valence-corrected chi connectivity index (χ4v) is 4.97. The van der Waals surface area contributed by atoms with Gasteiger partial charge < -0.3 is 15.7 Å². The number of rotatable bonds is 8. The molecule has 5 rings (SSSR count). The number of hydrogen-bond acceptors (Lipinski definition) is 4. The molecule has 0 aromatic heterocycles. The molecule has 1 fully saturated rings. The second kappa shape index (κ2) is 10.6. The molecule has 0 aliphatic carbocycles. The van der Waals surface area contributed by atoms with Crippen molar-refractivity contribution in [1.82, 2.24) is 4.90 Å². The monoisotopic (exact) mass is 501 g/mol. The molecular formula is C29H28ClN3O3. The molecule has 0 bridgehead atoms. The van der Waals surface area contributed by atoms with Crippen LogP contribution < -0.4 is 10.6 Å². The lowest BCUT2D eigenvalue weighted by Gasteiger charge is -2.17. The topological polar surface area (TPSA) is 81.7 Å². The molecule has 1 saturated heterocycles. The van der Waals surface area contributed by atoms with Gasteiger partial charge in [0.15, 0.2) is 0 Å². The Bertz CT molecular complexity index is 1310. The van der Waals surface area contributed by atoms with Crippen LogP contribution in [0.3, 0.4) is 0 Å². The van der Waals surface area contributed by atoms with Crippen molar-refractivity contribution >= 4 is 46.1 Å². The Labute approximate surface area is 215 Å². The molecule has 3 N–H and O–H groups in total. The third kappa shape index (κ3) is 5.45. The maximum absolute atomic E-state index is 13.1. The van der Waals surface area contributed by atoms with Crippen LogP contribution in [0.5, 0.6) is 0 Å². The molecule has 3 aromatic carbocycles. The third-order valence-electron chi connectivity index (χ3n) is 6.67. The highest BCUT2D eigenvalue weighted by atomic mass is 35.5. The third-order valence-corrected chi connectivity index (χ3v) is 6.91. The molecule has 0 radical (unpaired) electrons. The van der Waals surface area contributed by atoms with Crippen molar-refractivity contribution in [1.29, 1.82) is 0 Å². The van der Waals surface area contributed by atoms with Crippen molar-refractivity contribution in [3.8, 4) is 0 Å². The first kappa shape index (κ1) is 24.1. The summed E-state index contributed by atoms with van der Waals surface area (Å²) in [5.41, 5.74) is 6.61. The number of amides is 1. The molecular weight excluding hydrogens is 474 g/mol. The molecule has 0 spiro atoms. The highest BCUT2D eigenvalue weighted by Crippen LogP contribution is 2.39. The zero-order valence-electron chi connectivity index (χ0n) is 19.9. The van der Waals surface area contributed by atoms with E-state index in [1.165, 1.54) is 18.4 Å². The molecule has 0 unspecified atom stereocenters. The minimum absolute atomic E-state index is 0.0753. The highest BCUT2D eigenvalue weighted by molar-refractivity contribution is 6.38. The van der Waals surface area contributed by atoms with Crippen LogP contribution in [0, 0.1) is 0 Å². The van der Waals surface area contributed by atoms with Gasteiger partial charge in [0.05, 0.1) is 17.0 Å². The molecule has 3 aromatic rings. The van der Waals surface area contributed by atoms with Crippen LogP contribution in [0.2, 0.25) is 5.02 Å². The van der Waals surface area contributed by atoms with Gasteiger partial charge in [-0.15, -0.1) is 0 Å². The van der Waals surface area contributed by atoms with Crippen LogP contribution in [0.15, 0.2) is 66.7 Å². The maximum Gasteiger partial charge on any atom is 0.303 e. The average molecular weight is 502 g/mol. The maximum atomic E-state index is 13.1. The lowest BCUT2D eigenvalue weighted by molar-refractivity contribution is -0.137. The van der Waals surface area contributed by atoms with Crippen LogP contribution in [0.1, 0.15) is 41.5 Å². The van der Waals surface area contributed by atoms with Gasteiger partial charge in [-0.1, -0.05) is 54.1 Å². The van der Waals surface area contributed by atoms with Crippen molar-refractivity contribution in [2.75, 3.05) is 23.7 Å². The largest absolute Gasteiger partial charge is 0.481 e. The Morgan fingerprint density at radius 1 is 0.972 bits per heavy atom. The van der Waals surface area contributed by atoms with Crippen molar-refractivity contribution in [2.24, 2.45) is 0 Å². The van der Waals surface area contributed by atoms with Gasteiger partial charge in [-0.25, -0.2) is 0 Å². The number of anilines is 2. The number of aryl methyl sites for hydroxylation is 1. The van der Waals surface area contributed by atoms with Crippen molar-refractivity contribution < 1.29 is 14.7 Å². The second-order valence-electron chi connectivity index (χ2n) is 9.29. The Kier molecular flexibility index (Phi) is 7.07. The minimum Gasteiger partial charge on any atom is -0.481 e. The van der Waals surface area contributed by atoms with E-state index in [9.17, 15) is 9.59 Å². The van der Waals surface area contributed by atoms with E-state index in [2.05, 4.69) is 27.7 Å². The zero-order chi connectivity index (χ0) is 25.1. The van der Waals surface area contributed by atoms with Crippen molar-refractivity contribution in [3.63, 3.8) is 0 Å². The van der Waals surface area contributed by atoms with Crippen LogP contribution in [-0.2, 0) is 22.6 Å². The number of carbonyl (C=O) groups excluding carboxylic acids is 1. The molecule has 184 valence electrons. The second-order valence-corrected chi connectivity index (χ2v) is 9.73. The molecule has 2 aliphatic rings. The number of nitrogens with one attached hydrogen (secondary N) is 2. The lowest BCUT2D eigenvalue weighted by atomic mass is 9.98. The molecule has 36 heavy (non-hydrogen) atoms. The SMILES string of the molecule is O=C(O)CCc1ccc(C(Nc2ccc(CN3CCCC3)cc2)=C2C(=O)Nc3cc(Cl)ccc32)cc1. The molecule has 1 amide bonds. The van der Waals surface area contributed by atoms with E-state index in [0.717, 1.165) is 42.0 Å². The Hall–Kier alpha value is -3.61. The summed E-state index contributed by atoms with van der Waals surface area (Å²) < 4.78 is 0. The van der Waals surface area contributed by atoms with E-state index >= 15 is 0 Å². The van der Waals surface area contributed by atoms with E-state index in [4.69, 9.17) is 16.7 Å². The molecule has 2 heterocycles. The van der Waals surface area contributed by atoms with Gasteiger partial charge >= 0.3 is 5.97 Å². The Morgan fingerprint density at radius 3 is 2.36 bits per heavy atom. The number of fused-ring (bicyclic) bond motifs is 1.